The zero-order valence-electron chi connectivity index (χ0n) is 20.5. The molecule has 0 bridgehead atoms. The predicted molar refractivity (Wildman–Crippen MR) is 144 cm³/mol. The summed E-state index contributed by atoms with van der Waals surface area (Å²) in [6, 6.07) is 14.0. The van der Waals surface area contributed by atoms with Gasteiger partial charge in [-0.05, 0) is 48.9 Å². The number of nitrogens with one attached hydrogen (secondary N) is 2. The Bertz CT molecular complexity index is 1590. The number of aromatic nitrogens is 4. The van der Waals surface area contributed by atoms with Crippen molar-refractivity contribution in [1.29, 1.82) is 0 Å². The van der Waals surface area contributed by atoms with Crippen LogP contribution < -0.4 is 15.4 Å². The van der Waals surface area contributed by atoms with Crippen molar-refractivity contribution in [3.05, 3.63) is 54.6 Å². The number of hydrogen-bond acceptors (Lipinski definition) is 9. The van der Waals surface area contributed by atoms with Crippen LogP contribution in [0.15, 0.2) is 53.2 Å². The Kier molecular flexibility index (Phi) is 6.17. The highest BCUT2D eigenvalue weighted by atomic mass is 32.1. The summed E-state index contributed by atoms with van der Waals surface area (Å²) in [4.78, 5) is 26.4. The van der Waals surface area contributed by atoms with Crippen molar-refractivity contribution in [3.63, 3.8) is 0 Å². The molecule has 3 heterocycles. The van der Waals surface area contributed by atoms with E-state index in [2.05, 4.69) is 37.7 Å². The maximum Gasteiger partial charge on any atom is 0.229 e. The Labute approximate surface area is 217 Å². The van der Waals surface area contributed by atoms with Crippen LogP contribution in [-0.4, -0.2) is 38.7 Å². The summed E-state index contributed by atoms with van der Waals surface area (Å²) in [7, 11) is 0. The van der Waals surface area contributed by atoms with Crippen LogP contribution >= 0.6 is 11.3 Å². The molecule has 1 fully saturated rings. The van der Waals surface area contributed by atoms with Gasteiger partial charge in [0.05, 0.1) is 16.8 Å². The molecule has 6 rings (SSSR count). The van der Waals surface area contributed by atoms with Crippen LogP contribution in [-0.2, 0) is 4.79 Å². The van der Waals surface area contributed by atoms with Crippen molar-refractivity contribution in [3.8, 4) is 17.1 Å². The SMILES string of the molecule is CCCOc1cccc2nc(NC(=O)C3CC(Nc4nccc5ccc(-c6noc(C)n6)cc45)C3)sc12. The van der Waals surface area contributed by atoms with Crippen LogP contribution in [0.25, 0.3) is 32.4 Å². The van der Waals surface area contributed by atoms with Gasteiger partial charge in [0.1, 0.15) is 11.6 Å². The first-order chi connectivity index (χ1) is 18.1. The molecule has 0 spiro atoms. The number of amides is 1. The minimum Gasteiger partial charge on any atom is -0.492 e. The first kappa shape index (κ1) is 23.4. The van der Waals surface area contributed by atoms with Crippen LogP contribution in [0, 0.1) is 12.8 Å². The number of carbonyl (C=O) groups is 1. The molecule has 0 aliphatic heterocycles. The minimum atomic E-state index is -0.0758. The monoisotopic (exact) mass is 514 g/mol. The molecular weight excluding hydrogens is 488 g/mol. The predicted octanol–water partition coefficient (Wildman–Crippen LogP) is 5.82. The molecule has 1 amide bonds. The number of rotatable bonds is 8. The van der Waals surface area contributed by atoms with Crippen molar-refractivity contribution in [2.24, 2.45) is 5.92 Å². The number of nitrogens with zero attached hydrogens (tertiary/aromatic N) is 4. The van der Waals surface area contributed by atoms with E-state index in [1.807, 2.05) is 42.5 Å². The minimum absolute atomic E-state index is 0.00576. The summed E-state index contributed by atoms with van der Waals surface area (Å²) in [6.07, 6.45) is 4.17. The van der Waals surface area contributed by atoms with Crippen LogP contribution in [0.1, 0.15) is 32.1 Å². The Morgan fingerprint density at radius 1 is 1.19 bits per heavy atom. The van der Waals surface area contributed by atoms with Gasteiger partial charge in [0.25, 0.3) is 0 Å². The molecule has 37 heavy (non-hydrogen) atoms. The quantitative estimate of drug-likeness (QED) is 0.266. The van der Waals surface area contributed by atoms with Gasteiger partial charge in [-0.1, -0.05) is 41.6 Å². The number of anilines is 2. The van der Waals surface area contributed by atoms with Crippen molar-refractivity contribution in [2.45, 2.75) is 39.2 Å². The van der Waals surface area contributed by atoms with Gasteiger partial charge in [0.15, 0.2) is 5.13 Å². The molecule has 0 saturated heterocycles. The zero-order chi connectivity index (χ0) is 25.4. The van der Waals surface area contributed by atoms with E-state index >= 15 is 0 Å². The van der Waals surface area contributed by atoms with E-state index < -0.39 is 0 Å². The molecule has 1 saturated carbocycles. The number of ether oxygens (including phenoxy) is 1. The fourth-order valence-electron chi connectivity index (χ4n) is 4.49. The van der Waals surface area contributed by atoms with Crippen LogP contribution in [0.5, 0.6) is 5.75 Å². The first-order valence-corrected chi connectivity index (χ1v) is 13.2. The Balaban J connectivity index is 1.11. The zero-order valence-corrected chi connectivity index (χ0v) is 21.3. The molecule has 9 nitrogen and oxygen atoms in total. The van der Waals surface area contributed by atoms with Gasteiger partial charge in [-0.3, -0.25) is 4.79 Å². The number of fused-ring (bicyclic) bond motifs is 2. The van der Waals surface area contributed by atoms with Crippen molar-refractivity contribution in [2.75, 3.05) is 17.2 Å². The van der Waals surface area contributed by atoms with Crippen molar-refractivity contribution < 1.29 is 14.1 Å². The lowest BCUT2D eigenvalue weighted by molar-refractivity contribution is -0.122. The average molecular weight is 515 g/mol. The van der Waals surface area contributed by atoms with E-state index in [9.17, 15) is 4.79 Å². The molecule has 0 unspecified atom stereocenters. The van der Waals surface area contributed by atoms with Gasteiger partial charge in [-0.2, -0.15) is 4.98 Å². The molecule has 3 aromatic heterocycles. The normalized spacial score (nSPS) is 17.0. The second kappa shape index (κ2) is 9.78. The van der Waals surface area contributed by atoms with Gasteiger partial charge in [0, 0.05) is 36.0 Å². The third-order valence-corrected chi connectivity index (χ3v) is 7.47. The maximum atomic E-state index is 12.9. The summed E-state index contributed by atoms with van der Waals surface area (Å²) < 4.78 is 11.9. The third-order valence-electron chi connectivity index (χ3n) is 6.47. The van der Waals surface area contributed by atoms with Gasteiger partial charge in [0.2, 0.25) is 17.6 Å². The molecule has 1 aliphatic rings. The molecule has 188 valence electrons. The first-order valence-electron chi connectivity index (χ1n) is 12.4. The summed E-state index contributed by atoms with van der Waals surface area (Å²) in [5, 5.41) is 13.2. The summed E-state index contributed by atoms with van der Waals surface area (Å²) in [6.45, 7) is 4.49. The smallest absolute Gasteiger partial charge is 0.229 e. The highest BCUT2D eigenvalue weighted by Gasteiger charge is 2.35. The lowest BCUT2D eigenvalue weighted by Crippen LogP contribution is -2.42. The molecule has 2 aromatic carbocycles. The van der Waals surface area contributed by atoms with Crippen LogP contribution in [0.3, 0.4) is 0 Å². The van der Waals surface area contributed by atoms with Crippen LogP contribution in [0.2, 0.25) is 0 Å². The number of benzene rings is 2. The standard InChI is InChI=1S/C27H26N6O3S/c1-3-11-35-22-6-4-5-21-23(22)37-27(31-21)32-26(34)18-12-19(13-18)30-25-20-14-17(24-29-15(2)36-33-24)8-7-16(20)9-10-28-25/h4-10,14,18-19H,3,11-13H2,1-2H3,(H,28,30)(H,31,32,34). The van der Waals surface area contributed by atoms with Crippen LogP contribution in [0.4, 0.5) is 10.9 Å². The summed E-state index contributed by atoms with van der Waals surface area (Å²) >= 11 is 1.45. The third kappa shape index (κ3) is 4.72. The lowest BCUT2D eigenvalue weighted by atomic mass is 9.79. The molecule has 0 atom stereocenters. The van der Waals surface area contributed by atoms with Gasteiger partial charge >= 0.3 is 0 Å². The molecule has 10 heteroatoms. The molecule has 1 aliphatic carbocycles. The van der Waals surface area contributed by atoms with E-state index in [0.717, 1.165) is 57.4 Å². The number of thiazole rings is 1. The number of pyridine rings is 1. The second-order valence-corrected chi connectivity index (χ2v) is 10.2. The van der Waals surface area contributed by atoms with E-state index in [-0.39, 0.29) is 17.9 Å². The lowest BCUT2D eigenvalue weighted by Gasteiger charge is -2.35. The Hall–Kier alpha value is -4.05. The number of aryl methyl sites for hydroxylation is 1. The summed E-state index contributed by atoms with van der Waals surface area (Å²) in [5.74, 6) is 2.59. The highest BCUT2D eigenvalue weighted by Crippen LogP contribution is 2.36. The van der Waals surface area contributed by atoms with E-state index in [1.54, 1.807) is 13.1 Å². The average Bonchev–Trinajstić information content (AvgIpc) is 3.50. The van der Waals surface area contributed by atoms with Gasteiger partial charge in [-0.15, -0.1) is 0 Å². The largest absolute Gasteiger partial charge is 0.492 e. The van der Waals surface area contributed by atoms with Gasteiger partial charge < -0.3 is 19.9 Å². The fraction of sp³-hybridized carbons (Fsp3) is 0.296. The number of carbonyl (C=O) groups excluding carboxylic acids is 1. The van der Waals surface area contributed by atoms with E-state index in [0.29, 0.717) is 23.5 Å². The summed E-state index contributed by atoms with van der Waals surface area (Å²) in [5.41, 5.74) is 1.70. The highest BCUT2D eigenvalue weighted by molar-refractivity contribution is 7.22. The van der Waals surface area contributed by atoms with E-state index in [4.69, 9.17) is 9.26 Å². The Morgan fingerprint density at radius 3 is 2.89 bits per heavy atom. The topological polar surface area (TPSA) is 115 Å². The molecule has 5 aromatic rings. The van der Waals surface area contributed by atoms with Gasteiger partial charge in [-0.25, -0.2) is 9.97 Å². The van der Waals surface area contributed by atoms with Crippen molar-refractivity contribution >= 4 is 49.2 Å². The van der Waals surface area contributed by atoms with E-state index in [1.165, 1.54) is 11.3 Å². The molecule has 2 N–H and O–H groups in total. The Morgan fingerprint density at radius 2 is 2.08 bits per heavy atom. The number of hydrogen-bond donors (Lipinski definition) is 2. The second-order valence-electron chi connectivity index (χ2n) is 9.20. The maximum absolute atomic E-state index is 12.9. The molecule has 0 radical (unpaired) electrons. The van der Waals surface area contributed by atoms with Crippen molar-refractivity contribution in [1.82, 2.24) is 20.1 Å². The molecular formula is C27H26N6O3S. The fourth-order valence-corrected chi connectivity index (χ4v) is 5.43.